The normalized spacial score (nSPS) is 11.7. The van der Waals surface area contributed by atoms with E-state index in [4.69, 9.17) is 0 Å². The second kappa shape index (κ2) is 6.56. The van der Waals surface area contributed by atoms with Crippen molar-refractivity contribution in [2.24, 2.45) is 0 Å². The highest BCUT2D eigenvalue weighted by molar-refractivity contribution is 5.83. The molecule has 4 aromatic rings. The minimum absolute atomic E-state index is 0.0657. The Morgan fingerprint density at radius 1 is 0.964 bits per heavy atom. The van der Waals surface area contributed by atoms with Crippen LogP contribution >= 0.6 is 0 Å². The number of aromatic amines is 1. The van der Waals surface area contributed by atoms with E-state index in [9.17, 15) is 18.0 Å². The maximum Gasteiger partial charge on any atom is 0.416 e. The van der Waals surface area contributed by atoms with E-state index in [0.717, 1.165) is 17.7 Å². The number of alkyl halides is 3. The number of hydrogen-bond donors (Lipinski definition) is 1. The molecule has 28 heavy (non-hydrogen) atoms. The lowest BCUT2D eigenvalue weighted by molar-refractivity contribution is -0.137. The first-order valence-electron chi connectivity index (χ1n) is 8.30. The standard InChI is InChI=1S/C20H13F3N4O/c1-11-3-2-4-16-17(11)26-18(27-19(16)28)13-5-12(14-8-24-10-25-9-14)6-15(7-13)20(21,22)23/h2-10H,1H3,(H,26,27,28). The number of nitrogens with one attached hydrogen (secondary N) is 1. The second-order valence-electron chi connectivity index (χ2n) is 6.31. The predicted molar refractivity (Wildman–Crippen MR) is 98.6 cm³/mol. The first-order valence-corrected chi connectivity index (χ1v) is 8.30. The zero-order chi connectivity index (χ0) is 19.9. The maximum atomic E-state index is 13.5. The molecule has 140 valence electrons. The molecule has 0 aliphatic carbocycles. The number of aryl methyl sites for hydroxylation is 1. The highest BCUT2D eigenvalue weighted by atomic mass is 19.4. The average Bonchev–Trinajstić information content (AvgIpc) is 2.68. The van der Waals surface area contributed by atoms with E-state index in [1.54, 1.807) is 25.1 Å². The number of benzene rings is 2. The molecule has 0 atom stereocenters. The Kier molecular flexibility index (Phi) is 4.18. The fourth-order valence-corrected chi connectivity index (χ4v) is 2.98. The molecule has 0 amide bonds. The zero-order valence-corrected chi connectivity index (χ0v) is 14.6. The number of fused-ring (bicyclic) bond motifs is 1. The van der Waals surface area contributed by atoms with Crippen LogP contribution in [0.5, 0.6) is 0 Å². The van der Waals surface area contributed by atoms with Gasteiger partial charge < -0.3 is 4.98 Å². The summed E-state index contributed by atoms with van der Waals surface area (Å²) >= 11 is 0. The highest BCUT2D eigenvalue weighted by Crippen LogP contribution is 2.35. The fourth-order valence-electron chi connectivity index (χ4n) is 2.98. The Labute approximate surface area is 156 Å². The van der Waals surface area contributed by atoms with Crippen LogP contribution in [0.3, 0.4) is 0 Å². The van der Waals surface area contributed by atoms with E-state index in [-0.39, 0.29) is 17.0 Å². The van der Waals surface area contributed by atoms with Gasteiger partial charge in [-0.3, -0.25) is 4.79 Å². The second-order valence-corrected chi connectivity index (χ2v) is 6.31. The summed E-state index contributed by atoms with van der Waals surface area (Å²) in [5, 5.41) is 0.382. The summed E-state index contributed by atoms with van der Waals surface area (Å²) in [7, 11) is 0. The van der Waals surface area contributed by atoms with E-state index in [0.29, 0.717) is 16.5 Å². The van der Waals surface area contributed by atoms with Crippen LogP contribution in [-0.4, -0.2) is 19.9 Å². The lowest BCUT2D eigenvalue weighted by Crippen LogP contribution is -2.11. The summed E-state index contributed by atoms with van der Waals surface area (Å²) in [6, 6.07) is 8.65. The first kappa shape index (κ1) is 17.8. The molecule has 0 radical (unpaired) electrons. The molecule has 0 aliphatic rings. The van der Waals surface area contributed by atoms with Gasteiger partial charge in [0.2, 0.25) is 0 Å². The van der Waals surface area contributed by atoms with Crippen LogP contribution in [0.2, 0.25) is 0 Å². The van der Waals surface area contributed by atoms with Crippen molar-refractivity contribution >= 4 is 10.9 Å². The molecule has 2 aromatic heterocycles. The van der Waals surface area contributed by atoms with E-state index >= 15 is 0 Å². The Bertz CT molecular complexity index is 1230. The summed E-state index contributed by atoms with van der Waals surface area (Å²) in [5.41, 5.74) is 0.793. The lowest BCUT2D eigenvalue weighted by atomic mass is 10.0. The number of para-hydroxylation sites is 1. The smallest absolute Gasteiger partial charge is 0.306 e. The van der Waals surface area contributed by atoms with Crippen molar-refractivity contribution in [1.82, 2.24) is 19.9 Å². The number of aromatic nitrogens is 4. The van der Waals surface area contributed by atoms with Gasteiger partial charge in [0.1, 0.15) is 12.2 Å². The first-order chi connectivity index (χ1) is 13.3. The fraction of sp³-hybridized carbons (Fsp3) is 0.100. The summed E-state index contributed by atoms with van der Waals surface area (Å²) in [4.78, 5) is 27.1. The van der Waals surface area contributed by atoms with Crippen molar-refractivity contribution < 1.29 is 13.2 Å². The van der Waals surface area contributed by atoms with Gasteiger partial charge >= 0.3 is 6.18 Å². The zero-order valence-electron chi connectivity index (χ0n) is 14.6. The van der Waals surface area contributed by atoms with Crippen molar-refractivity contribution in [1.29, 1.82) is 0 Å². The molecule has 2 aromatic carbocycles. The highest BCUT2D eigenvalue weighted by Gasteiger charge is 2.31. The van der Waals surface area contributed by atoms with Gasteiger partial charge in [-0.1, -0.05) is 12.1 Å². The van der Waals surface area contributed by atoms with Crippen LogP contribution < -0.4 is 5.56 Å². The van der Waals surface area contributed by atoms with Crippen LogP contribution in [0.25, 0.3) is 33.4 Å². The van der Waals surface area contributed by atoms with Gasteiger partial charge in [-0.15, -0.1) is 0 Å². The number of hydrogen-bond acceptors (Lipinski definition) is 4. The molecule has 0 saturated carbocycles. The molecule has 0 unspecified atom stereocenters. The van der Waals surface area contributed by atoms with E-state index in [1.807, 2.05) is 0 Å². The van der Waals surface area contributed by atoms with Crippen molar-refractivity contribution in [2.45, 2.75) is 13.1 Å². The predicted octanol–water partition coefficient (Wildman–Crippen LogP) is 4.37. The van der Waals surface area contributed by atoms with Crippen molar-refractivity contribution in [3.8, 4) is 22.5 Å². The molecular formula is C20H13F3N4O. The molecule has 8 heteroatoms. The lowest BCUT2D eigenvalue weighted by Gasteiger charge is -2.12. The molecule has 0 aliphatic heterocycles. The Morgan fingerprint density at radius 2 is 1.68 bits per heavy atom. The quantitative estimate of drug-likeness (QED) is 0.559. The molecule has 2 heterocycles. The number of rotatable bonds is 2. The molecule has 0 bridgehead atoms. The van der Waals surface area contributed by atoms with Crippen LogP contribution in [0, 0.1) is 6.92 Å². The number of H-pyrrole nitrogens is 1. The average molecular weight is 382 g/mol. The van der Waals surface area contributed by atoms with Gasteiger partial charge in [0.15, 0.2) is 0 Å². The van der Waals surface area contributed by atoms with Gasteiger partial charge in [0, 0.05) is 23.5 Å². The largest absolute Gasteiger partial charge is 0.416 e. The van der Waals surface area contributed by atoms with Gasteiger partial charge in [0.25, 0.3) is 5.56 Å². The van der Waals surface area contributed by atoms with Crippen molar-refractivity contribution in [2.75, 3.05) is 0 Å². The minimum atomic E-state index is -4.56. The van der Waals surface area contributed by atoms with Gasteiger partial charge in [-0.25, -0.2) is 15.0 Å². The molecule has 5 nitrogen and oxygen atoms in total. The Morgan fingerprint density at radius 3 is 2.39 bits per heavy atom. The van der Waals surface area contributed by atoms with Gasteiger partial charge in [0.05, 0.1) is 16.5 Å². The third-order valence-electron chi connectivity index (χ3n) is 4.37. The molecule has 4 rings (SSSR count). The molecular weight excluding hydrogens is 369 g/mol. The third-order valence-corrected chi connectivity index (χ3v) is 4.37. The SMILES string of the molecule is Cc1cccc2c(=O)[nH]c(-c3cc(-c4cncnc4)cc(C(F)(F)F)c3)nc12. The summed E-state index contributed by atoms with van der Waals surface area (Å²) in [5.74, 6) is 0.0657. The number of halogens is 3. The Balaban J connectivity index is 1.98. The van der Waals surface area contributed by atoms with Crippen molar-refractivity contribution in [3.63, 3.8) is 0 Å². The maximum absolute atomic E-state index is 13.5. The summed E-state index contributed by atoms with van der Waals surface area (Å²) in [6.07, 6.45) is -0.420. The van der Waals surface area contributed by atoms with Crippen LogP contribution in [0.4, 0.5) is 13.2 Å². The van der Waals surface area contributed by atoms with Gasteiger partial charge in [-0.05, 0) is 42.3 Å². The minimum Gasteiger partial charge on any atom is -0.306 e. The monoisotopic (exact) mass is 382 g/mol. The summed E-state index contributed by atoms with van der Waals surface area (Å²) in [6.45, 7) is 1.79. The third kappa shape index (κ3) is 3.24. The molecule has 0 spiro atoms. The number of nitrogens with zero attached hydrogens (tertiary/aromatic N) is 3. The topological polar surface area (TPSA) is 71.5 Å². The molecule has 1 N–H and O–H groups in total. The van der Waals surface area contributed by atoms with E-state index in [1.165, 1.54) is 24.8 Å². The molecule has 0 fully saturated rings. The van der Waals surface area contributed by atoms with E-state index in [2.05, 4.69) is 19.9 Å². The van der Waals surface area contributed by atoms with E-state index < -0.39 is 17.3 Å². The van der Waals surface area contributed by atoms with Crippen LogP contribution in [0.15, 0.2) is 59.9 Å². The van der Waals surface area contributed by atoms with Gasteiger partial charge in [-0.2, -0.15) is 13.2 Å². The molecule has 0 saturated heterocycles. The summed E-state index contributed by atoms with van der Waals surface area (Å²) < 4.78 is 40.4. The Hall–Kier alpha value is -3.55. The van der Waals surface area contributed by atoms with Crippen LogP contribution in [-0.2, 0) is 6.18 Å². The van der Waals surface area contributed by atoms with Crippen molar-refractivity contribution in [3.05, 3.63) is 76.6 Å². The van der Waals surface area contributed by atoms with Crippen LogP contribution in [0.1, 0.15) is 11.1 Å².